The molecule has 1 aromatic carbocycles. The molecule has 84 valence electrons. The number of hydrogen-bond donors (Lipinski definition) is 1. The van der Waals surface area contributed by atoms with Crippen molar-refractivity contribution in [3.63, 3.8) is 0 Å². The third-order valence-electron chi connectivity index (χ3n) is 2.19. The maximum absolute atomic E-state index is 5.78. The minimum Gasteiger partial charge on any atom is -0.495 e. The molecule has 3 nitrogen and oxygen atoms in total. The summed E-state index contributed by atoms with van der Waals surface area (Å²) in [7, 11) is 1.59. The third-order valence-corrected chi connectivity index (χ3v) is 2.92. The predicted molar refractivity (Wildman–Crippen MR) is 66.1 cm³/mol. The summed E-state index contributed by atoms with van der Waals surface area (Å²) in [5.74, 6) is 1.42. The van der Waals surface area contributed by atoms with Crippen LogP contribution in [-0.2, 0) is 6.61 Å². The fourth-order valence-electron chi connectivity index (χ4n) is 1.34. The van der Waals surface area contributed by atoms with Crippen LogP contribution >= 0.6 is 11.3 Å². The Morgan fingerprint density at radius 3 is 2.81 bits per heavy atom. The molecule has 2 N–H and O–H groups in total. The van der Waals surface area contributed by atoms with E-state index < -0.39 is 0 Å². The summed E-state index contributed by atoms with van der Waals surface area (Å²) < 4.78 is 10.7. The number of rotatable bonds is 4. The van der Waals surface area contributed by atoms with Crippen molar-refractivity contribution in [3.05, 3.63) is 40.6 Å². The van der Waals surface area contributed by atoms with Crippen LogP contribution in [0, 0.1) is 0 Å². The summed E-state index contributed by atoms with van der Waals surface area (Å²) in [6, 6.07) is 7.46. The molecule has 0 unspecified atom stereocenters. The largest absolute Gasteiger partial charge is 0.495 e. The Bertz CT molecular complexity index is 454. The Morgan fingerprint density at radius 2 is 2.19 bits per heavy atom. The number of benzene rings is 1. The first kappa shape index (κ1) is 10.8. The zero-order valence-corrected chi connectivity index (χ0v) is 9.79. The minimum absolute atomic E-state index is 0.565. The number of nitrogen functional groups attached to an aromatic ring is 1. The second-order valence-electron chi connectivity index (χ2n) is 3.32. The monoisotopic (exact) mass is 235 g/mol. The van der Waals surface area contributed by atoms with Crippen molar-refractivity contribution in [1.82, 2.24) is 0 Å². The highest BCUT2D eigenvalue weighted by Gasteiger charge is 2.01. The highest BCUT2D eigenvalue weighted by atomic mass is 32.1. The van der Waals surface area contributed by atoms with Crippen molar-refractivity contribution >= 4 is 17.0 Å². The normalized spacial score (nSPS) is 10.1. The second kappa shape index (κ2) is 4.90. The van der Waals surface area contributed by atoms with E-state index in [1.807, 2.05) is 17.5 Å². The van der Waals surface area contributed by atoms with Crippen LogP contribution < -0.4 is 15.2 Å². The molecule has 0 fully saturated rings. The third kappa shape index (κ3) is 2.46. The summed E-state index contributed by atoms with van der Waals surface area (Å²) in [5.41, 5.74) is 7.53. The molecule has 0 atom stereocenters. The Labute approximate surface area is 98.4 Å². The van der Waals surface area contributed by atoms with Gasteiger partial charge < -0.3 is 15.2 Å². The lowest BCUT2D eigenvalue weighted by Gasteiger charge is -2.08. The molecule has 0 spiro atoms. The highest BCUT2D eigenvalue weighted by molar-refractivity contribution is 7.07. The lowest BCUT2D eigenvalue weighted by Crippen LogP contribution is -1.96. The summed E-state index contributed by atoms with van der Waals surface area (Å²) in [4.78, 5) is 0. The van der Waals surface area contributed by atoms with Crippen LogP contribution in [0.2, 0.25) is 0 Å². The number of anilines is 1. The van der Waals surface area contributed by atoms with Gasteiger partial charge in [0.25, 0.3) is 0 Å². The average Bonchev–Trinajstić information content (AvgIpc) is 2.79. The lowest BCUT2D eigenvalue weighted by atomic mass is 10.3. The van der Waals surface area contributed by atoms with Gasteiger partial charge in [-0.05, 0) is 34.5 Å². The quantitative estimate of drug-likeness (QED) is 0.829. The zero-order valence-electron chi connectivity index (χ0n) is 8.97. The molecule has 2 rings (SSSR count). The molecule has 4 heteroatoms. The van der Waals surface area contributed by atoms with Crippen molar-refractivity contribution in [2.75, 3.05) is 12.8 Å². The fourth-order valence-corrected chi connectivity index (χ4v) is 2.00. The molecule has 0 aliphatic carbocycles. The zero-order chi connectivity index (χ0) is 11.4. The molecule has 0 radical (unpaired) electrons. The van der Waals surface area contributed by atoms with Crippen LogP contribution in [0.25, 0.3) is 0 Å². The molecule has 0 saturated heterocycles. The first-order chi connectivity index (χ1) is 7.79. The molecule has 16 heavy (non-hydrogen) atoms. The van der Waals surface area contributed by atoms with E-state index in [9.17, 15) is 0 Å². The van der Waals surface area contributed by atoms with Crippen molar-refractivity contribution in [3.8, 4) is 11.5 Å². The lowest BCUT2D eigenvalue weighted by molar-refractivity contribution is 0.306. The molecule has 0 aliphatic heterocycles. The maximum Gasteiger partial charge on any atom is 0.142 e. The van der Waals surface area contributed by atoms with Gasteiger partial charge in [-0.25, -0.2) is 0 Å². The first-order valence-corrected chi connectivity index (χ1v) is 5.81. The standard InChI is InChI=1S/C12H13NO2S/c1-14-12-3-2-10(6-11(12)13)15-7-9-4-5-16-8-9/h2-6,8H,7,13H2,1H3. The van der Waals surface area contributed by atoms with Gasteiger partial charge in [-0.2, -0.15) is 11.3 Å². The first-order valence-electron chi connectivity index (χ1n) is 4.87. The highest BCUT2D eigenvalue weighted by Crippen LogP contribution is 2.26. The Morgan fingerprint density at radius 1 is 1.31 bits per heavy atom. The molecule has 0 bridgehead atoms. The van der Waals surface area contributed by atoms with Gasteiger partial charge in [0, 0.05) is 6.07 Å². The topological polar surface area (TPSA) is 44.5 Å². The Kier molecular flexibility index (Phi) is 3.31. The van der Waals surface area contributed by atoms with Crippen LogP contribution in [0.4, 0.5) is 5.69 Å². The summed E-state index contributed by atoms with van der Waals surface area (Å²) in [5, 5.41) is 4.09. The second-order valence-corrected chi connectivity index (χ2v) is 4.10. The molecular formula is C12H13NO2S. The van der Waals surface area contributed by atoms with Gasteiger partial charge >= 0.3 is 0 Å². The van der Waals surface area contributed by atoms with Gasteiger partial charge in [-0.1, -0.05) is 0 Å². The van der Waals surface area contributed by atoms with Crippen molar-refractivity contribution in [1.29, 1.82) is 0 Å². The molecular weight excluding hydrogens is 222 g/mol. The fraction of sp³-hybridized carbons (Fsp3) is 0.167. The van der Waals surface area contributed by atoms with Crippen LogP contribution in [0.5, 0.6) is 11.5 Å². The van der Waals surface area contributed by atoms with Crippen LogP contribution in [0.1, 0.15) is 5.56 Å². The Balaban J connectivity index is 2.02. The molecule has 1 aromatic heterocycles. The summed E-state index contributed by atoms with van der Waals surface area (Å²) >= 11 is 1.66. The van der Waals surface area contributed by atoms with E-state index in [0.29, 0.717) is 18.0 Å². The van der Waals surface area contributed by atoms with E-state index in [1.54, 1.807) is 30.6 Å². The van der Waals surface area contributed by atoms with Crippen LogP contribution in [-0.4, -0.2) is 7.11 Å². The molecule has 0 saturated carbocycles. The number of nitrogens with two attached hydrogens (primary N) is 1. The number of hydrogen-bond acceptors (Lipinski definition) is 4. The van der Waals surface area contributed by atoms with E-state index >= 15 is 0 Å². The van der Waals surface area contributed by atoms with Gasteiger partial charge in [0.15, 0.2) is 0 Å². The smallest absolute Gasteiger partial charge is 0.142 e. The van der Waals surface area contributed by atoms with Gasteiger partial charge in [0.05, 0.1) is 12.8 Å². The summed E-state index contributed by atoms with van der Waals surface area (Å²) in [6.07, 6.45) is 0. The van der Waals surface area contributed by atoms with E-state index in [2.05, 4.69) is 5.38 Å². The molecule has 0 amide bonds. The van der Waals surface area contributed by atoms with Gasteiger partial charge in [-0.15, -0.1) is 0 Å². The van der Waals surface area contributed by atoms with Gasteiger partial charge in [-0.3, -0.25) is 0 Å². The van der Waals surface area contributed by atoms with Crippen molar-refractivity contribution in [2.45, 2.75) is 6.61 Å². The van der Waals surface area contributed by atoms with Crippen molar-refractivity contribution < 1.29 is 9.47 Å². The predicted octanol–water partition coefficient (Wildman–Crippen LogP) is 2.92. The van der Waals surface area contributed by atoms with Crippen LogP contribution in [0.15, 0.2) is 35.0 Å². The maximum atomic E-state index is 5.78. The van der Waals surface area contributed by atoms with E-state index in [1.165, 1.54) is 5.56 Å². The molecule has 1 heterocycles. The SMILES string of the molecule is COc1ccc(OCc2ccsc2)cc1N. The number of ether oxygens (including phenoxy) is 2. The summed E-state index contributed by atoms with van der Waals surface area (Å²) in [6.45, 7) is 0.565. The van der Waals surface area contributed by atoms with E-state index in [-0.39, 0.29) is 0 Å². The van der Waals surface area contributed by atoms with Gasteiger partial charge in [0.2, 0.25) is 0 Å². The molecule has 0 aliphatic rings. The average molecular weight is 235 g/mol. The van der Waals surface area contributed by atoms with Crippen molar-refractivity contribution in [2.24, 2.45) is 0 Å². The van der Waals surface area contributed by atoms with E-state index in [4.69, 9.17) is 15.2 Å². The van der Waals surface area contributed by atoms with Gasteiger partial charge in [0.1, 0.15) is 18.1 Å². The van der Waals surface area contributed by atoms with E-state index in [0.717, 1.165) is 5.75 Å². The minimum atomic E-state index is 0.565. The molecule has 2 aromatic rings. The van der Waals surface area contributed by atoms with Crippen LogP contribution in [0.3, 0.4) is 0 Å². The number of thiophene rings is 1. The number of methoxy groups -OCH3 is 1. The Hall–Kier alpha value is -1.68.